The molecule has 1 fully saturated rings. The van der Waals surface area contributed by atoms with Gasteiger partial charge in [0, 0.05) is 25.7 Å². The maximum Gasteiger partial charge on any atom is 0.410 e. The first-order valence-electron chi connectivity index (χ1n) is 14.8. The van der Waals surface area contributed by atoms with Gasteiger partial charge in [0.05, 0.1) is 11.5 Å². The van der Waals surface area contributed by atoms with Gasteiger partial charge in [0.15, 0.2) is 5.69 Å². The molecule has 1 aliphatic carbocycles. The minimum Gasteiger partial charge on any atom is -0.445 e. The number of rotatable bonds is 5. The van der Waals surface area contributed by atoms with Crippen LogP contribution < -0.4 is 10.3 Å². The molecule has 3 aromatic rings. The van der Waals surface area contributed by atoms with Gasteiger partial charge in [-0.2, -0.15) is 4.98 Å². The zero-order chi connectivity index (χ0) is 30.3. The zero-order valence-corrected chi connectivity index (χ0v) is 24.7. The van der Waals surface area contributed by atoms with E-state index in [0.717, 1.165) is 5.56 Å². The van der Waals surface area contributed by atoms with Gasteiger partial charge in [0.1, 0.15) is 12.4 Å². The molecule has 0 radical (unpaired) electrons. The number of hydrogen-bond acceptors (Lipinski definition) is 7. The van der Waals surface area contributed by atoms with Crippen molar-refractivity contribution in [3.05, 3.63) is 93.2 Å². The van der Waals surface area contributed by atoms with E-state index in [-0.39, 0.29) is 30.0 Å². The summed E-state index contributed by atoms with van der Waals surface area (Å²) in [5.41, 5.74) is 1.58. The van der Waals surface area contributed by atoms with Gasteiger partial charge >= 0.3 is 17.6 Å². The van der Waals surface area contributed by atoms with Crippen molar-refractivity contribution in [3.8, 4) is 5.75 Å². The van der Waals surface area contributed by atoms with Crippen LogP contribution in [0.1, 0.15) is 72.7 Å². The summed E-state index contributed by atoms with van der Waals surface area (Å²) in [6, 6.07) is 16.9. The number of fused-ring (bicyclic) bond motifs is 2. The number of esters is 1. The Balaban J connectivity index is 1.34. The molecular weight excluding hydrogens is 548 g/mol. The fourth-order valence-electron chi connectivity index (χ4n) is 6.19. The van der Waals surface area contributed by atoms with E-state index < -0.39 is 29.1 Å². The van der Waals surface area contributed by atoms with E-state index in [0.29, 0.717) is 51.1 Å². The highest BCUT2D eigenvalue weighted by Crippen LogP contribution is 2.36. The lowest BCUT2D eigenvalue weighted by Crippen LogP contribution is -2.50. The molecule has 0 N–H and O–H groups in total. The van der Waals surface area contributed by atoms with Gasteiger partial charge in [0.25, 0.3) is 5.91 Å². The van der Waals surface area contributed by atoms with Crippen LogP contribution in [-0.2, 0) is 35.5 Å². The molecular formula is C33H36N4O6. The highest BCUT2D eigenvalue weighted by atomic mass is 16.6. The SMILES string of the molecule is CC(C)(C)C(=O)Oc1c2n(c([C@@H]3CCCN3C(=O)OCc3ccccc3)nc1=O)CCN(C1Cc3ccccc3C1)C2=O. The first-order valence-corrected chi connectivity index (χ1v) is 14.8. The summed E-state index contributed by atoms with van der Waals surface area (Å²) in [7, 11) is 0. The second kappa shape index (κ2) is 11.3. The third-order valence-corrected chi connectivity index (χ3v) is 8.47. The molecule has 1 aromatic heterocycles. The van der Waals surface area contributed by atoms with Crippen molar-refractivity contribution in [2.75, 3.05) is 13.1 Å². The Labute approximate surface area is 250 Å². The Kier molecular flexibility index (Phi) is 7.54. The topological polar surface area (TPSA) is 111 Å². The first kappa shape index (κ1) is 28.6. The molecule has 2 aliphatic heterocycles. The van der Waals surface area contributed by atoms with E-state index in [9.17, 15) is 19.2 Å². The fourth-order valence-corrected chi connectivity index (χ4v) is 6.19. The van der Waals surface area contributed by atoms with Crippen LogP contribution in [0.25, 0.3) is 0 Å². The number of hydrogen-bond donors (Lipinski definition) is 0. The Morgan fingerprint density at radius 3 is 2.28 bits per heavy atom. The fraction of sp³-hybridized carbons (Fsp3) is 0.424. The third-order valence-electron chi connectivity index (χ3n) is 8.47. The summed E-state index contributed by atoms with van der Waals surface area (Å²) >= 11 is 0. The first-order chi connectivity index (χ1) is 20.6. The zero-order valence-electron chi connectivity index (χ0n) is 24.7. The number of nitrogens with zero attached hydrogens (tertiary/aromatic N) is 4. The minimum atomic E-state index is -0.905. The number of likely N-dealkylation sites (tertiary alicyclic amines) is 1. The number of amides is 2. The predicted octanol–water partition coefficient (Wildman–Crippen LogP) is 4.29. The second-order valence-corrected chi connectivity index (χ2v) is 12.5. The van der Waals surface area contributed by atoms with Gasteiger partial charge in [-0.15, -0.1) is 0 Å². The Bertz CT molecular complexity index is 1600. The summed E-state index contributed by atoms with van der Waals surface area (Å²) in [5.74, 6) is -1.05. The highest BCUT2D eigenvalue weighted by Gasteiger charge is 2.42. The average molecular weight is 585 g/mol. The van der Waals surface area contributed by atoms with Crippen LogP contribution in [-0.4, -0.2) is 56.5 Å². The maximum atomic E-state index is 14.2. The van der Waals surface area contributed by atoms with Crippen molar-refractivity contribution in [3.63, 3.8) is 0 Å². The monoisotopic (exact) mass is 584 g/mol. The van der Waals surface area contributed by atoms with Crippen LogP contribution in [0.2, 0.25) is 0 Å². The number of carbonyl (C=O) groups is 3. The van der Waals surface area contributed by atoms with Crippen LogP contribution in [0.4, 0.5) is 4.79 Å². The van der Waals surface area contributed by atoms with Crippen LogP contribution >= 0.6 is 0 Å². The van der Waals surface area contributed by atoms with Crippen LogP contribution in [0.3, 0.4) is 0 Å². The van der Waals surface area contributed by atoms with Gasteiger partial charge in [-0.25, -0.2) is 4.79 Å². The molecule has 10 nitrogen and oxygen atoms in total. The van der Waals surface area contributed by atoms with Crippen molar-refractivity contribution in [1.29, 1.82) is 0 Å². The molecule has 0 saturated carbocycles. The molecule has 2 amide bonds. The molecule has 43 heavy (non-hydrogen) atoms. The largest absolute Gasteiger partial charge is 0.445 e. The number of ether oxygens (including phenoxy) is 2. The summed E-state index contributed by atoms with van der Waals surface area (Å²) in [6.07, 6.45) is 2.17. The standard InChI is InChI=1S/C33H36N4O6/c1-33(2,3)31(40)43-27-26-30(39)35(24-18-22-12-7-8-13-23(22)19-24)16-17-37(26)28(34-29(27)38)25-14-9-15-36(25)32(41)42-20-21-10-5-4-6-11-21/h4-8,10-13,24-25H,9,14-20H2,1-3H3/t25-/m0/s1. The lowest BCUT2D eigenvalue weighted by atomic mass is 9.97. The predicted molar refractivity (Wildman–Crippen MR) is 158 cm³/mol. The summed E-state index contributed by atoms with van der Waals surface area (Å²) in [6.45, 7) is 6.35. The summed E-state index contributed by atoms with van der Waals surface area (Å²) in [4.78, 5) is 61.7. The van der Waals surface area contributed by atoms with Crippen molar-refractivity contribution >= 4 is 18.0 Å². The molecule has 1 atom stereocenters. The van der Waals surface area contributed by atoms with E-state index in [4.69, 9.17) is 9.47 Å². The molecule has 2 aromatic carbocycles. The highest BCUT2D eigenvalue weighted by molar-refractivity contribution is 5.97. The Morgan fingerprint density at radius 1 is 0.930 bits per heavy atom. The van der Waals surface area contributed by atoms with Crippen molar-refractivity contribution in [2.45, 2.75) is 71.7 Å². The third kappa shape index (κ3) is 5.53. The van der Waals surface area contributed by atoms with E-state index in [1.54, 1.807) is 35.1 Å². The van der Waals surface area contributed by atoms with Gasteiger partial charge < -0.3 is 18.9 Å². The molecule has 0 bridgehead atoms. The quantitative estimate of drug-likeness (QED) is 0.412. The molecule has 3 heterocycles. The normalized spacial score (nSPS) is 18.4. The van der Waals surface area contributed by atoms with Crippen molar-refractivity contribution in [1.82, 2.24) is 19.4 Å². The lowest BCUT2D eigenvalue weighted by molar-refractivity contribution is -0.143. The molecule has 224 valence electrons. The summed E-state index contributed by atoms with van der Waals surface area (Å²) in [5, 5.41) is 0. The van der Waals surface area contributed by atoms with Crippen LogP contribution in [0.5, 0.6) is 5.75 Å². The van der Waals surface area contributed by atoms with Gasteiger partial charge in [-0.05, 0) is 63.1 Å². The smallest absolute Gasteiger partial charge is 0.410 e. The minimum absolute atomic E-state index is 0.0132. The van der Waals surface area contributed by atoms with E-state index >= 15 is 0 Å². The lowest BCUT2D eigenvalue weighted by Gasteiger charge is -2.37. The van der Waals surface area contributed by atoms with Gasteiger partial charge in [0.2, 0.25) is 5.75 Å². The number of benzene rings is 2. The van der Waals surface area contributed by atoms with Crippen molar-refractivity contribution in [2.24, 2.45) is 5.41 Å². The second-order valence-electron chi connectivity index (χ2n) is 12.5. The van der Waals surface area contributed by atoms with E-state index in [1.807, 2.05) is 42.5 Å². The van der Waals surface area contributed by atoms with Crippen LogP contribution in [0, 0.1) is 5.41 Å². The van der Waals surface area contributed by atoms with Gasteiger partial charge in [-0.1, -0.05) is 54.6 Å². The average Bonchev–Trinajstić information content (AvgIpc) is 3.65. The molecule has 10 heteroatoms. The Morgan fingerprint density at radius 2 is 1.60 bits per heavy atom. The molecule has 0 spiro atoms. The van der Waals surface area contributed by atoms with Crippen molar-refractivity contribution < 1.29 is 23.9 Å². The molecule has 6 rings (SSSR count). The Hall–Kier alpha value is -4.47. The molecule has 0 unspecified atom stereocenters. The van der Waals surface area contributed by atoms with Crippen LogP contribution in [0.15, 0.2) is 59.4 Å². The summed E-state index contributed by atoms with van der Waals surface area (Å²) < 4.78 is 12.9. The molecule has 1 saturated heterocycles. The van der Waals surface area contributed by atoms with Gasteiger partial charge in [-0.3, -0.25) is 19.3 Å². The van der Waals surface area contributed by atoms with E-state index in [1.165, 1.54) is 11.1 Å². The van der Waals surface area contributed by atoms with E-state index in [2.05, 4.69) is 17.1 Å². The number of carbonyl (C=O) groups excluding carboxylic acids is 3. The maximum absolute atomic E-state index is 14.2. The number of aromatic nitrogens is 2. The molecule has 3 aliphatic rings.